The zero-order valence-corrected chi connectivity index (χ0v) is 15.4. The zero-order valence-electron chi connectivity index (χ0n) is 14.6. The molecule has 0 aliphatic rings. The van der Waals surface area contributed by atoms with Crippen LogP contribution in [0.3, 0.4) is 0 Å². The van der Waals surface area contributed by atoms with Gasteiger partial charge in [-0.2, -0.15) is 0 Å². The minimum atomic E-state index is -1.30. The van der Waals surface area contributed by atoms with Gasteiger partial charge < -0.3 is 10.2 Å². The molecule has 25 heavy (non-hydrogen) atoms. The first-order valence-corrected chi connectivity index (χ1v) is 8.65. The van der Waals surface area contributed by atoms with Crippen molar-refractivity contribution >= 4 is 22.4 Å². The highest BCUT2D eigenvalue weighted by molar-refractivity contribution is 6.33. The van der Waals surface area contributed by atoms with Crippen molar-refractivity contribution in [2.45, 2.75) is 38.4 Å². The monoisotopic (exact) mass is 355 g/mol. The number of benzene rings is 2. The van der Waals surface area contributed by atoms with E-state index in [2.05, 4.69) is 4.98 Å². The van der Waals surface area contributed by atoms with E-state index in [4.69, 9.17) is 11.6 Å². The Morgan fingerprint density at radius 2 is 1.68 bits per heavy atom. The van der Waals surface area contributed by atoms with Gasteiger partial charge in [-0.3, -0.25) is 4.98 Å². The van der Waals surface area contributed by atoms with Gasteiger partial charge in [-0.05, 0) is 49.2 Å². The van der Waals surface area contributed by atoms with Crippen LogP contribution in [0.5, 0.6) is 0 Å². The molecule has 2 N–H and O–H groups in total. The fourth-order valence-electron chi connectivity index (χ4n) is 2.90. The van der Waals surface area contributed by atoms with Gasteiger partial charge in [0.2, 0.25) is 0 Å². The van der Waals surface area contributed by atoms with E-state index in [-0.39, 0.29) is 6.42 Å². The molecule has 0 fully saturated rings. The summed E-state index contributed by atoms with van der Waals surface area (Å²) >= 11 is 6.42. The molecule has 3 aromatic rings. The van der Waals surface area contributed by atoms with E-state index < -0.39 is 11.2 Å². The van der Waals surface area contributed by atoms with E-state index in [9.17, 15) is 10.2 Å². The van der Waals surface area contributed by atoms with Crippen LogP contribution in [0.15, 0.2) is 54.7 Å². The third-order valence-corrected chi connectivity index (χ3v) is 5.17. The first-order valence-electron chi connectivity index (χ1n) is 8.27. The molecule has 1 aromatic heterocycles. The largest absolute Gasteiger partial charge is 0.387 e. The molecule has 0 saturated heterocycles. The van der Waals surface area contributed by atoms with Gasteiger partial charge >= 0.3 is 0 Å². The number of hydrogen-bond acceptors (Lipinski definition) is 3. The molecule has 0 aliphatic heterocycles. The summed E-state index contributed by atoms with van der Waals surface area (Å²) in [5.41, 5.74) is -0.0721. The Hall–Kier alpha value is -1.94. The highest BCUT2D eigenvalue weighted by Crippen LogP contribution is 2.37. The Morgan fingerprint density at radius 3 is 2.36 bits per heavy atom. The van der Waals surface area contributed by atoms with Crippen LogP contribution in [0.1, 0.15) is 26.3 Å². The standard InChI is InChI=1S/C21H22ClNO2/c1-20(2,24)21(3,25)13-15-11-10-14-7-4-5-8-16(14)18(15)19-17(22)9-6-12-23-19/h4-12,24-25H,13H2,1-3H3. The third-order valence-electron chi connectivity index (χ3n) is 4.86. The molecule has 1 heterocycles. The Balaban J connectivity index is 2.27. The summed E-state index contributed by atoms with van der Waals surface area (Å²) in [7, 11) is 0. The summed E-state index contributed by atoms with van der Waals surface area (Å²) in [4.78, 5) is 4.48. The molecular formula is C21H22ClNO2. The molecule has 1 atom stereocenters. The average molecular weight is 356 g/mol. The molecule has 0 spiro atoms. The second kappa shape index (κ2) is 6.41. The van der Waals surface area contributed by atoms with Gasteiger partial charge in [0, 0.05) is 18.2 Å². The number of aromatic nitrogens is 1. The first kappa shape index (κ1) is 17.9. The topological polar surface area (TPSA) is 53.4 Å². The molecule has 2 aromatic carbocycles. The van der Waals surface area contributed by atoms with Gasteiger partial charge in [-0.15, -0.1) is 0 Å². The van der Waals surface area contributed by atoms with E-state index in [0.717, 1.165) is 21.9 Å². The molecule has 0 aliphatic carbocycles. The van der Waals surface area contributed by atoms with Gasteiger partial charge in [-0.25, -0.2) is 0 Å². The van der Waals surface area contributed by atoms with Crippen LogP contribution < -0.4 is 0 Å². The Labute approximate surface area is 152 Å². The van der Waals surface area contributed by atoms with Crippen molar-refractivity contribution in [3.8, 4) is 11.3 Å². The Kier molecular flexibility index (Phi) is 4.58. The summed E-state index contributed by atoms with van der Waals surface area (Å²) in [6.45, 7) is 4.87. The van der Waals surface area contributed by atoms with E-state index >= 15 is 0 Å². The molecule has 0 amide bonds. The van der Waals surface area contributed by atoms with Crippen LogP contribution in [0.25, 0.3) is 22.0 Å². The maximum absolute atomic E-state index is 10.8. The minimum absolute atomic E-state index is 0.281. The van der Waals surface area contributed by atoms with Crippen molar-refractivity contribution in [2.24, 2.45) is 0 Å². The van der Waals surface area contributed by atoms with Crippen LogP contribution in [0.2, 0.25) is 5.02 Å². The molecule has 3 rings (SSSR count). The molecule has 0 radical (unpaired) electrons. The van der Waals surface area contributed by atoms with Crippen molar-refractivity contribution in [3.63, 3.8) is 0 Å². The number of nitrogens with zero attached hydrogens (tertiary/aromatic N) is 1. The molecule has 1 unspecified atom stereocenters. The Bertz CT molecular complexity index is 913. The predicted octanol–water partition coefficient (Wildman–Crippen LogP) is 4.62. The van der Waals surface area contributed by atoms with Crippen molar-refractivity contribution in [2.75, 3.05) is 0 Å². The second-order valence-electron chi connectivity index (χ2n) is 7.16. The van der Waals surface area contributed by atoms with E-state index in [0.29, 0.717) is 10.7 Å². The highest BCUT2D eigenvalue weighted by atomic mass is 35.5. The summed E-state index contributed by atoms with van der Waals surface area (Å²) in [6, 6.07) is 15.6. The predicted molar refractivity (Wildman–Crippen MR) is 103 cm³/mol. The average Bonchev–Trinajstić information content (AvgIpc) is 2.54. The molecular weight excluding hydrogens is 334 g/mol. The SMILES string of the molecule is CC(C)(O)C(C)(O)Cc1ccc2ccccc2c1-c1ncccc1Cl. The normalized spacial score (nSPS) is 14.5. The van der Waals surface area contributed by atoms with Crippen LogP contribution >= 0.6 is 11.6 Å². The maximum atomic E-state index is 10.8. The third kappa shape index (κ3) is 3.40. The highest BCUT2D eigenvalue weighted by Gasteiger charge is 2.38. The van der Waals surface area contributed by atoms with Crippen LogP contribution in [0.4, 0.5) is 0 Å². The number of rotatable bonds is 4. The molecule has 130 valence electrons. The lowest BCUT2D eigenvalue weighted by Crippen LogP contribution is -2.49. The summed E-state index contributed by atoms with van der Waals surface area (Å²) in [5.74, 6) is 0. The quantitative estimate of drug-likeness (QED) is 0.718. The van der Waals surface area contributed by atoms with Gasteiger partial charge in [0.1, 0.15) is 0 Å². The van der Waals surface area contributed by atoms with Gasteiger partial charge in [0.05, 0.1) is 21.9 Å². The summed E-state index contributed by atoms with van der Waals surface area (Å²) in [5, 5.41) is 23.8. The van der Waals surface area contributed by atoms with Gasteiger partial charge in [0.25, 0.3) is 0 Å². The number of fused-ring (bicyclic) bond motifs is 1. The summed E-state index contributed by atoms with van der Waals surface area (Å²) < 4.78 is 0. The van der Waals surface area contributed by atoms with Crippen molar-refractivity contribution in [1.82, 2.24) is 4.98 Å². The van der Waals surface area contributed by atoms with Crippen molar-refractivity contribution in [1.29, 1.82) is 0 Å². The van der Waals surface area contributed by atoms with Crippen LogP contribution in [0, 0.1) is 0 Å². The van der Waals surface area contributed by atoms with E-state index in [1.54, 1.807) is 33.0 Å². The zero-order chi connectivity index (χ0) is 18.2. The number of aliphatic hydroxyl groups is 2. The first-order chi connectivity index (χ1) is 11.7. The fraction of sp³-hybridized carbons (Fsp3) is 0.286. The number of pyridine rings is 1. The molecule has 3 nitrogen and oxygen atoms in total. The Morgan fingerprint density at radius 1 is 0.960 bits per heavy atom. The summed E-state index contributed by atoms with van der Waals surface area (Å²) in [6.07, 6.45) is 1.99. The maximum Gasteiger partial charge on any atom is 0.0940 e. The minimum Gasteiger partial charge on any atom is -0.387 e. The number of halogens is 1. The number of hydrogen-bond donors (Lipinski definition) is 2. The van der Waals surface area contributed by atoms with E-state index in [1.807, 2.05) is 42.5 Å². The lowest BCUT2D eigenvalue weighted by Gasteiger charge is -2.36. The van der Waals surface area contributed by atoms with Gasteiger partial charge in [0.15, 0.2) is 0 Å². The smallest absolute Gasteiger partial charge is 0.0940 e. The second-order valence-corrected chi connectivity index (χ2v) is 7.57. The molecule has 0 saturated carbocycles. The van der Waals surface area contributed by atoms with Gasteiger partial charge in [-0.1, -0.05) is 48.0 Å². The van der Waals surface area contributed by atoms with Crippen molar-refractivity contribution < 1.29 is 10.2 Å². The molecule has 0 bridgehead atoms. The lowest BCUT2D eigenvalue weighted by atomic mass is 9.80. The lowest BCUT2D eigenvalue weighted by molar-refractivity contribution is -0.118. The fourth-order valence-corrected chi connectivity index (χ4v) is 3.12. The van der Waals surface area contributed by atoms with Crippen molar-refractivity contribution in [3.05, 3.63) is 65.3 Å². The van der Waals surface area contributed by atoms with Crippen LogP contribution in [-0.4, -0.2) is 26.4 Å². The molecule has 4 heteroatoms. The van der Waals surface area contributed by atoms with Crippen LogP contribution in [-0.2, 0) is 6.42 Å². The van der Waals surface area contributed by atoms with E-state index in [1.165, 1.54) is 0 Å².